The third-order valence-corrected chi connectivity index (χ3v) is 3.08. The molecule has 0 atom stereocenters. The molecule has 0 unspecified atom stereocenters. The molecule has 2 N–H and O–H groups in total. The molecule has 1 aromatic carbocycles. The number of hydrogen-bond acceptors (Lipinski definition) is 3. The van der Waals surface area contributed by atoms with Crippen molar-refractivity contribution in [1.82, 2.24) is 14.8 Å². The van der Waals surface area contributed by atoms with Crippen LogP contribution in [0, 0.1) is 11.7 Å². The fraction of sp³-hybridized carbons (Fsp3) is 0.385. The summed E-state index contributed by atoms with van der Waals surface area (Å²) < 4.78 is 2.53. The second kappa shape index (κ2) is 4.24. The van der Waals surface area contributed by atoms with Crippen LogP contribution < -0.4 is 0 Å². The molecular weight excluding hydrogens is 246 g/mol. The van der Waals surface area contributed by atoms with Crippen molar-refractivity contribution < 1.29 is 5.11 Å². The van der Waals surface area contributed by atoms with Crippen LogP contribution in [-0.4, -0.2) is 19.9 Å². The molecule has 0 amide bonds. The maximum atomic E-state index is 9.79. The highest BCUT2D eigenvalue weighted by Crippen LogP contribution is 2.28. The molecule has 0 saturated heterocycles. The van der Waals surface area contributed by atoms with Crippen molar-refractivity contribution >= 4 is 12.2 Å². The summed E-state index contributed by atoms with van der Waals surface area (Å²) in [5.74, 6) is 1.00. The minimum atomic E-state index is -0.167. The number of rotatable bonds is 1. The Bertz CT molecular complexity index is 634. The van der Waals surface area contributed by atoms with E-state index in [9.17, 15) is 5.11 Å². The SMILES string of the molecule is Cc1ccc(-c2n[nH]c(=S)n2C(C)(C)C)cc1O. The Morgan fingerprint density at radius 3 is 2.56 bits per heavy atom. The van der Waals surface area contributed by atoms with E-state index in [0.29, 0.717) is 4.77 Å². The van der Waals surface area contributed by atoms with Crippen molar-refractivity contribution in [2.24, 2.45) is 0 Å². The average Bonchev–Trinajstić information content (AvgIpc) is 2.64. The maximum absolute atomic E-state index is 9.79. The lowest BCUT2D eigenvalue weighted by Crippen LogP contribution is -2.22. The van der Waals surface area contributed by atoms with Gasteiger partial charge >= 0.3 is 0 Å². The van der Waals surface area contributed by atoms with Gasteiger partial charge in [-0.15, -0.1) is 0 Å². The standard InChI is InChI=1S/C13H17N3OS/c1-8-5-6-9(7-10(8)17)11-14-15-12(18)16(11)13(2,3)4/h5-7,17H,1-4H3,(H,15,18). The molecular formula is C13H17N3OS. The number of phenols is 1. The van der Waals surface area contributed by atoms with Gasteiger partial charge in [0.2, 0.25) is 0 Å². The first-order valence-electron chi connectivity index (χ1n) is 5.78. The summed E-state index contributed by atoms with van der Waals surface area (Å²) in [7, 11) is 0. The van der Waals surface area contributed by atoms with E-state index in [1.165, 1.54) is 0 Å². The van der Waals surface area contributed by atoms with Crippen LogP contribution in [-0.2, 0) is 5.54 Å². The van der Waals surface area contributed by atoms with Crippen LogP contribution >= 0.6 is 12.2 Å². The van der Waals surface area contributed by atoms with Crippen LogP contribution in [0.25, 0.3) is 11.4 Å². The first kappa shape index (κ1) is 12.8. The number of aromatic nitrogens is 3. The molecule has 5 heteroatoms. The number of nitrogens with one attached hydrogen (secondary N) is 1. The molecule has 0 fully saturated rings. The molecule has 0 aliphatic rings. The predicted molar refractivity (Wildman–Crippen MR) is 74.2 cm³/mol. The Morgan fingerprint density at radius 1 is 1.33 bits per heavy atom. The topological polar surface area (TPSA) is 53.8 Å². The minimum Gasteiger partial charge on any atom is -0.508 e. The van der Waals surface area contributed by atoms with Gasteiger partial charge in [0.15, 0.2) is 10.6 Å². The van der Waals surface area contributed by atoms with Gasteiger partial charge in [0, 0.05) is 11.1 Å². The first-order valence-corrected chi connectivity index (χ1v) is 6.19. The molecule has 2 rings (SSSR count). The van der Waals surface area contributed by atoms with Crippen LogP contribution in [0.1, 0.15) is 26.3 Å². The van der Waals surface area contributed by atoms with E-state index < -0.39 is 0 Å². The molecule has 0 aliphatic heterocycles. The second-order valence-electron chi connectivity index (χ2n) is 5.36. The van der Waals surface area contributed by atoms with Crippen LogP contribution in [0.4, 0.5) is 0 Å². The smallest absolute Gasteiger partial charge is 0.195 e. The highest BCUT2D eigenvalue weighted by Gasteiger charge is 2.20. The summed E-state index contributed by atoms with van der Waals surface area (Å²) in [6.45, 7) is 8.06. The lowest BCUT2D eigenvalue weighted by Gasteiger charge is -2.22. The summed E-state index contributed by atoms with van der Waals surface area (Å²) in [5.41, 5.74) is 1.52. The van der Waals surface area contributed by atoms with Gasteiger partial charge in [-0.3, -0.25) is 9.67 Å². The van der Waals surface area contributed by atoms with Gasteiger partial charge in [-0.1, -0.05) is 12.1 Å². The quantitative estimate of drug-likeness (QED) is 0.775. The minimum absolute atomic E-state index is 0.167. The van der Waals surface area contributed by atoms with E-state index in [1.54, 1.807) is 6.07 Å². The number of H-pyrrole nitrogens is 1. The van der Waals surface area contributed by atoms with Gasteiger partial charge in [0.05, 0.1) is 0 Å². The van der Waals surface area contributed by atoms with Gasteiger partial charge in [0.1, 0.15) is 5.75 Å². The number of hydrogen-bond donors (Lipinski definition) is 2. The molecule has 1 aromatic heterocycles. The van der Waals surface area contributed by atoms with Crippen molar-refractivity contribution in [1.29, 1.82) is 0 Å². The van der Waals surface area contributed by atoms with Crippen molar-refractivity contribution in [2.45, 2.75) is 33.2 Å². The Hall–Kier alpha value is -1.62. The van der Waals surface area contributed by atoms with Gasteiger partial charge < -0.3 is 5.11 Å². The molecule has 0 aliphatic carbocycles. The molecule has 0 spiro atoms. The maximum Gasteiger partial charge on any atom is 0.195 e. The van der Waals surface area contributed by atoms with E-state index in [0.717, 1.165) is 17.0 Å². The van der Waals surface area contributed by atoms with Gasteiger partial charge in [-0.25, -0.2) is 0 Å². The van der Waals surface area contributed by atoms with Crippen molar-refractivity contribution in [2.75, 3.05) is 0 Å². The van der Waals surface area contributed by atoms with E-state index in [4.69, 9.17) is 12.2 Å². The van der Waals surface area contributed by atoms with Crippen molar-refractivity contribution in [3.63, 3.8) is 0 Å². The zero-order chi connectivity index (χ0) is 13.5. The normalized spacial score (nSPS) is 11.8. The molecule has 96 valence electrons. The summed E-state index contributed by atoms with van der Waals surface area (Å²) in [6, 6.07) is 5.51. The monoisotopic (exact) mass is 263 g/mol. The fourth-order valence-electron chi connectivity index (χ4n) is 1.86. The highest BCUT2D eigenvalue weighted by atomic mass is 32.1. The number of aromatic hydroxyl groups is 1. The number of aryl methyl sites for hydroxylation is 1. The molecule has 0 radical (unpaired) electrons. The summed E-state index contributed by atoms with van der Waals surface area (Å²) in [5, 5.41) is 16.9. The fourth-order valence-corrected chi connectivity index (χ4v) is 2.27. The third-order valence-electron chi connectivity index (χ3n) is 2.81. The van der Waals surface area contributed by atoms with Crippen LogP contribution in [0.3, 0.4) is 0 Å². The van der Waals surface area contributed by atoms with Crippen LogP contribution in [0.15, 0.2) is 18.2 Å². The summed E-state index contributed by atoms with van der Waals surface area (Å²) >= 11 is 5.26. The van der Waals surface area contributed by atoms with Crippen molar-refractivity contribution in [3.05, 3.63) is 28.5 Å². The predicted octanol–water partition coefficient (Wildman–Crippen LogP) is 3.38. The molecule has 0 saturated carbocycles. The Morgan fingerprint density at radius 2 is 2.00 bits per heavy atom. The third kappa shape index (κ3) is 2.18. The van der Waals surface area contributed by atoms with Crippen LogP contribution in [0.2, 0.25) is 0 Å². The molecule has 4 nitrogen and oxygen atoms in total. The number of phenolic OH excluding ortho intramolecular Hbond substituents is 1. The highest BCUT2D eigenvalue weighted by molar-refractivity contribution is 7.71. The Kier molecular flexibility index (Phi) is 3.02. The molecule has 1 heterocycles. The number of benzene rings is 1. The lowest BCUT2D eigenvalue weighted by atomic mass is 10.1. The van der Waals surface area contributed by atoms with E-state index in [2.05, 4.69) is 31.0 Å². The van der Waals surface area contributed by atoms with Gasteiger partial charge in [-0.2, -0.15) is 5.10 Å². The van der Waals surface area contributed by atoms with Gasteiger partial charge in [0.25, 0.3) is 0 Å². The number of aromatic amines is 1. The lowest BCUT2D eigenvalue weighted by molar-refractivity contribution is 0.395. The molecule has 18 heavy (non-hydrogen) atoms. The zero-order valence-corrected chi connectivity index (χ0v) is 11.8. The zero-order valence-electron chi connectivity index (χ0n) is 11.0. The molecule has 0 bridgehead atoms. The average molecular weight is 263 g/mol. The Balaban J connectivity index is 2.65. The van der Waals surface area contributed by atoms with Gasteiger partial charge in [-0.05, 0) is 51.5 Å². The first-order chi connectivity index (χ1) is 8.30. The largest absolute Gasteiger partial charge is 0.508 e. The van der Waals surface area contributed by atoms with E-state index in [1.807, 2.05) is 23.6 Å². The van der Waals surface area contributed by atoms with E-state index >= 15 is 0 Å². The molecule has 2 aromatic rings. The second-order valence-corrected chi connectivity index (χ2v) is 5.75. The number of nitrogens with zero attached hydrogens (tertiary/aromatic N) is 2. The van der Waals surface area contributed by atoms with E-state index in [-0.39, 0.29) is 11.3 Å². The summed E-state index contributed by atoms with van der Waals surface area (Å²) in [4.78, 5) is 0. The Labute approximate surface area is 111 Å². The summed E-state index contributed by atoms with van der Waals surface area (Å²) in [6.07, 6.45) is 0. The van der Waals surface area contributed by atoms with Crippen LogP contribution in [0.5, 0.6) is 5.75 Å². The van der Waals surface area contributed by atoms with Crippen molar-refractivity contribution in [3.8, 4) is 17.1 Å².